The Kier molecular flexibility index (Phi) is 7.36. The van der Waals surface area contributed by atoms with Gasteiger partial charge in [0.25, 0.3) is 0 Å². The van der Waals surface area contributed by atoms with Gasteiger partial charge in [0.1, 0.15) is 5.82 Å². The van der Waals surface area contributed by atoms with Gasteiger partial charge in [0.2, 0.25) is 0 Å². The summed E-state index contributed by atoms with van der Waals surface area (Å²) in [4.78, 5) is 2.09. The number of hydrogen-bond acceptors (Lipinski definition) is 7. The van der Waals surface area contributed by atoms with Gasteiger partial charge in [-0.15, -0.1) is 16.8 Å². The van der Waals surface area contributed by atoms with E-state index in [2.05, 4.69) is 26.2 Å². The molecule has 0 aliphatic carbocycles. The molecule has 1 aromatic heterocycles. The van der Waals surface area contributed by atoms with Crippen LogP contribution in [-0.4, -0.2) is 57.4 Å². The molecule has 0 spiro atoms. The van der Waals surface area contributed by atoms with Gasteiger partial charge in [0.15, 0.2) is 16.7 Å². The largest absolute Gasteiger partial charge is 0.504 e. The predicted molar refractivity (Wildman–Crippen MR) is 110 cm³/mol. The average Bonchev–Trinajstić information content (AvgIpc) is 3.33. The van der Waals surface area contributed by atoms with Crippen molar-refractivity contribution in [2.75, 3.05) is 26.5 Å². The molecule has 1 atom stereocenters. The van der Waals surface area contributed by atoms with Crippen LogP contribution in [0.2, 0.25) is 0 Å². The van der Waals surface area contributed by atoms with E-state index in [1.165, 1.54) is 0 Å². The van der Waals surface area contributed by atoms with Crippen molar-refractivity contribution in [1.29, 1.82) is 0 Å². The Bertz CT molecular complexity index is 790. The van der Waals surface area contributed by atoms with E-state index in [0.717, 1.165) is 41.7 Å². The summed E-state index contributed by atoms with van der Waals surface area (Å²) < 4.78 is 13.0. The molecule has 3 rings (SSSR count). The molecule has 1 aromatic carbocycles. The molecule has 0 saturated carbocycles. The van der Waals surface area contributed by atoms with E-state index in [-0.39, 0.29) is 5.75 Å². The monoisotopic (exact) mass is 404 g/mol. The van der Waals surface area contributed by atoms with Gasteiger partial charge >= 0.3 is 0 Å². The van der Waals surface area contributed by atoms with Gasteiger partial charge in [0.05, 0.1) is 19.8 Å². The standard InChI is InChI=1S/C20H28N4O3S/c1-4-10-24-18(21-22-20(24)28-14-16-8-6-11-27-16)13-23(2)12-15-7-5-9-17(26-3)19(15)25/h4-5,7,9,16,25H,1,6,8,10-14H2,2-3H3. The summed E-state index contributed by atoms with van der Waals surface area (Å²) in [5.74, 6) is 2.42. The van der Waals surface area contributed by atoms with Crippen LogP contribution in [0.15, 0.2) is 36.0 Å². The topological polar surface area (TPSA) is 72.6 Å². The number of ether oxygens (including phenoxy) is 2. The first-order valence-corrected chi connectivity index (χ1v) is 10.4. The molecule has 2 aromatic rings. The Labute approximate surface area is 170 Å². The lowest BCUT2D eigenvalue weighted by Crippen LogP contribution is -2.20. The number of aromatic nitrogens is 3. The third-order valence-electron chi connectivity index (χ3n) is 4.68. The van der Waals surface area contributed by atoms with Crippen molar-refractivity contribution >= 4 is 11.8 Å². The Balaban J connectivity index is 1.66. The number of rotatable bonds is 10. The zero-order valence-corrected chi connectivity index (χ0v) is 17.3. The molecule has 1 unspecified atom stereocenters. The van der Waals surface area contributed by atoms with E-state index < -0.39 is 0 Å². The van der Waals surface area contributed by atoms with Crippen LogP contribution < -0.4 is 4.74 Å². The fraction of sp³-hybridized carbons (Fsp3) is 0.500. The van der Waals surface area contributed by atoms with Crippen LogP contribution in [0.3, 0.4) is 0 Å². The lowest BCUT2D eigenvalue weighted by molar-refractivity contribution is 0.129. The third kappa shape index (κ3) is 5.06. The molecule has 152 valence electrons. The van der Waals surface area contributed by atoms with E-state index in [0.29, 0.717) is 31.5 Å². The zero-order chi connectivity index (χ0) is 19.9. The van der Waals surface area contributed by atoms with E-state index in [4.69, 9.17) is 9.47 Å². The molecular weight excluding hydrogens is 376 g/mol. The van der Waals surface area contributed by atoms with Gasteiger partial charge < -0.3 is 19.1 Å². The van der Waals surface area contributed by atoms with E-state index >= 15 is 0 Å². The second kappa shape index (κ2) is 9.95. The smallest absolute Gasteiger partial charge is 0.191 e. The number of benzene rings is 1. The van der Waals surface area contributed by atoms with Gasteiger partial charge in [-0.05, 0) is 26.0 Å². The lowest BCUT2D eigenvalue weighted by atomic mass is 10.1. The van der Waals surface area contributed by atoms with Crippen molar-refractivity contribution < 1.29 is 14.6 Å². The molecule has 1 aliphatic rings. The Hall–Kier alpha value is -2.03. The highest BCUT2D eigenvalue weighted by molar-refractivity contribution is 7.99. The number of hydrogen-bond donors (Lipinski definition) is 1. The van der Waals surface area contributed by atoms with Crippen molar-refractivity contribution in [2.45, 2.75) is 43.7 Å². The number of para-hydroxylation sites is 1. The number of phenols is 1. The Morgan fingerprint density at radius 1 is 1.43 bits per heavy atom. The fourth-order valence-electron chi connectivity index (χ4n) is 3.25. The molecular formula is C20H28N4O3S. The van der Waals surface area contributed by atoms with Gasteiger partial charge in [-0.3, -0.25) is 4.90 Å². The third-order valence-corrected chi connectivity index (χ3v) is 5.78. The van der Waals surface area contributed by atoms with Crippen LogP contribution in [0.25, 0.3) is 0 Å². The minimum absolute atomic E-state index is 0.178. The highest BCUT2D eigenvalue weighted by Gasteiger charge is 2.19. The van der Waals surface area contributed by atoms with Crippen LogP contribution >= 0.6 is 11.8 Å². The molecule has 1 fully saturated rings. The summed E-state index contributed by atoms with van der Waals surface area (Å²) >= 11 is 1.69. The van der Waals surface area contributed by atoms with Gasteiger partial charge in [0, 0.05) is 31.0 Å². The predicted octanol–water partition coefficient (Wildman–Crippen LogP) is 3.08. The van der Waals surface area contributed by atoms with Crippen molar-refractivity contribution in [2.24, 2.45) is 0 Å². The molecule has 0 radical (unpaired) electrons. The number of methoxy groups -OCH3 is 1. The normalized spacial score (nSPS) is 16.6. The highest BCUT2D eigenvalue weighted by atomic mass is 32.2. The van der Waals surface area contributed by atoms with Crippen molar-refractivity contribution in [3.8, 4) is 11.5 Å². The summed E-state index contributed by atoms with van der Waals surface area (Å²) in [5.41, 5.74) is 0.810. The van der Waals surface area contributed by atoms with Gasteiger partial charge in [-0.25, -0.2) is 0 Å². The fourth-order valence-corrected chi connectivity index (χ4v) is 4.28. The molecule has 8 heteroatoms. The molecule has 28 heavy (non-hydrogen) atoms. The summed E-state index contributed by atoms with van der Waals surface area (Å²) in [6.07, 6.45) is 4.41. The van der Waals surface area contributed by atoms with Crippen LogP contribution in [0.4, 0.5) is 0 Å². The van der Waals surface area contributed by atoms with Crippen molar-refractivity contribution in [1.82, 2.24) is 19.7 Å². The molecule has 0 amide bonds. The molecule has 7 nitrogen and oxygen atoms in total. The van der Waals surface area contributed by atoms with E-state index in [1.807, 2.05) is 25.3 Å². The Morgan fingerprint density at radius 2 is 2.29 bits per heavy atom. The Morgan fingerprint density at radius 3 is 3.00 bits per heavy atom. The molecule has 0 bridgehead atoms. The van der Waals surface area contributed by atoms with Crippen molar-refractivity contribution in [3.05, 3.63) is 42.2 Å². The maximum absolute atomic E-state index is 10.3. The molecule has 1 N–H and O–H groups in total. The SMILES string of the molecule is C=CCn1c(CN(C)Cc2cccc(OC)c2O)nnc1SCC1CCCO1. The van der Waals surface area contributed by atoms with E-state index in [9.17, 15) is 5.11 Å². The second-order valence-corrected chi connectivity index (χ2v) is 7.87. The quantitative estimate of drug-likeness (QED) is 0.482. The van der Waals surface area contributed by atoms with Crippen LogP contribution in [0.5, 0.6) is 11.5 Å². The maximum Gasteiger partial charge on any atom is 0.191 e. The van der Waals surface area contributed by atoms with Gasteiger partial charge in [-0.2, -0.15) is 0 Å². The minimum atomic E-state index is 0.178. The summed E-state index contributed by atoms with van der Waals surface area (Å²) in [5, 5.41) is 20.0. The number of allylic oxidation sites excluding steroid dienone is 1. The van der Waals surface area contributed by atoms with Crippen LogP contribution in [0, 0.1) is 0 Å². The second-order valence-electron chi connectivity index (χ2n) is 6.88. The minimum Gasteiger partial charge on any atom is -0.504 e. The first kappa shape index (κ1) is 20.7. The van der Waals surface area contributed by atoms with E-state index in [1.54, 1.807) is 24.9 Å². The molecule has 1 aliphatic heterocycles. The first-order valence-electron chi connectivity index (χ1n) is 9.43. The molecule has 2 heterocycles. The number of aromatic hydroxyl groups is 1. The number of phenolic OH excluding ortho intramolecular Hbond substituents is 1. The van der Waals surface area contributed by atoms with Gasteiger partial charge in [-0.1, -0.05) is 30.0 Å². The number of nitrogens with zero attached hydrogens (tertiary/aromatic N) is 4. The first-order chi connectivity index (χ1) is 13.6. The summed E-state index contributed by atoms with van der Waals surface area (Å²) in [6.45, 7) is 6.56. The maximum atomic E-state index is 10.3. The van der Waals surface area contributed by atoms with Crippen LogP contribution in [0.1, 0.15) is 24.2 Å². The average molecular weight is 405 g/mol. The summed E-state index contributed by atoms with van der Waals surface area (Å²) in [6, 6.07) is 5.52. The summed E-state index contributed by atoms with van der Waals surface area (Å²) in [7, 11) is 3.54. The molecule has 1 saturated heterocycles. The lowest BCUT2D eigenvalue weighted by Gasteiger charge is -2.18. The van der Waals surface area contributed by atoms with Crippen molar-refractivity contribution in [3.63, 3.8) is 0 Å². The number of thioether (sulfide) groups is 1. The highest BCUT2D eigenvalue weighted by Crippen LogP contribution is 2.30. The zero-order valence-electron chi connectivity index (χ0n) is 16.5. The van der Waals surface area contributed by atoms with Crippen LogP contribution in [-0.2, 0) is 24.4 Å².